The Bertz CT molecular complexity index is 496. The van der Waals surface area contributed by atoms with Gasteiger partial charge in [-0.25, -0.2) is 0 Å². The van der Waals surface area contributed by atoms with Crippen molar-refractivity contribution in [2.75, 3.05) is 0 Å². The van der Waals surface area contributed by atoms with Gasteiger partial charge in [-0.05, 0) is 18.9 Å². The third-order valence-electron chi connectivity index (χ3n) is 2.89. The van der Waals surface area contributed by atoms with Crippen molar-refractivity contribution < 1.29 is 4.79 Å². The van der Waals surface area contributed by atoms with Gasteiger partial charge in [-0.1, -0.05) is 11.6 Å². The van der Waals surface area contributed by atoms with Gasteiger partial charge in [0, 0.05) is 17.5 Å². The molecule has 2 atom stereocenters. The first kappa shape index (κ1) is 10.9. The van der Waals surface area contributed by atoms with Crippen molar-refractivity contribution >= 4 is 17.9 Å². The smallest absolute Gasteiger partial charge is 0.214 e. The highest BCUT2D eigenvalue weighted by molar-refractivity contribution is 6.31. The maximum atomic E-state index is 11.0. The predicted octanol–water partition coefficient (Wildman–Crippen LogP) is 2.01. The number of carbonyl (C=O) groups is 1. The van der Waals surface area contributed by atoms with Crippen LogP contribution in [0.5, 0.6) is 0 Å². The summed E-state index contributed by atoms with van der Waals surface area (Å²) in [6.45, 7) is 1.87. The molecule has 0 aliphatic heterocycles. The van der Waals surface area contributed by atoms with Crippen LogP contribution in [0.25, 0.3) is 0 Å². The fraction of sp³-hybridized carbons (Fsp3) is 0.400. The minimum atomic E-state index is -0.431. The van der Waals surface area contributed by atoms with Gasteiger partial charge in [0.05, 0.1) is 10.9 Å². The van der Waals surface area contributed by atoms with Crippen molar-refractivity contribution in [1.29, 1.82) is 5.53 Å². The van der Waals surface area contributed by atoms with E-state index < -0.39 is 6.04 Å². The zero-order valence-corrected chi connectivity index (χ0v) is 9.40. The van der Waals surface area contributed by atoms with E-state index in [1.807, 2.05) is 6.92 Å². The number of hydrogen-bond donors (Lipinski definition) is 1. The Labute approximate surface area is 97.1 Å². The Morgan fingerprint density at radius 3 is 3.12 bits per heavy atom. The zero-order chi connectivity index (χ0) is 11.7. The summed E-state index contributed by atoms with van der Waals surface area (Å²) in [5, 5.41) is 4.26. The molecule has 6 heteroatoms. The largest absolute Gasteiger partial charge is 0.303 e. The van der Waals surface area contributed by atoms with Crippen molar-refractivity contribution in [3.05, 3.63) is 28.0 Å². The fourth-order valence-corrected chi connectivity index (χ4v) is 2.38. The fourth-order valence-electron chi connectivity index (χ4n) is 2.11. The number of aryl methyl sites for hydroxylation is 1. The molecule has 1 aliphatic carbocycles. The van der Waals surface area contributed by atoms with Crippen LogP contribution in [-0.2, 0) is 11.2 Å². The number of halogens is 1. The molecule has 0 fully saturated rings. The summed E-state index contributed by atoms with van der Waals surface area (Å²) in [5.41, 5.74) is 9.39. The summed E-state index contributed by atoms with van der Waals surface area (Å²) in [5.74, 6) is -0.288. The summed E-state index contributed by atoms with van der Waals surface area (Å²) < 4.78 is 0. The Morgan fingerprint density at radius 2 is 2.50 bits per heavy atom. The van der Waals surface area contributed by atoms with E-state index in [1.54, 1.807) is 6.20 Å². The molecule has 0 saturated heterocycles. The second-order valence-electron chi connectivity index (χ2n) is 3.75. The third kappa shape index (κ3) is 1.54. The monoisotopic (exact) mass is 237 g/mol. The van der Waals surface area contributed by atoms with Gasteiger partial charge < -0.3 is 4.79 Å². The second-order valence-corrected chi connectivity index (χ2v) is 4.16. The van der Waals surface area contributed by atoms with Gasteiger partial charge in [0.15, 0.2) is 6.04 Å². The molecule has 16 heavy (non-hydrogen) atoms. The van der Waals surface area contributed by atoms with Crippen LogP contribution in [0.15, 0.2) is 11.3 Å². The van der Waals surface area contributed by atoms with E-state index in [2.05, 4.69) is 15.0 Å². The maximum Gasteiger partial charge on any atom is 0.214 e. The lowest BCUT2D eigenvalue weighted by Crippen LogP contribution is -2.07. The molecule has 2 rings (SSSR count). The summed E-state index contributed by atoms with van der Waals surface area (Å²) in [6.07, 6.45) is 2.96. The van der Waals surface area contributed by atoms with Crippen molar-refractivity contribution in [2.45, 2.75) is 19.4 Å². The van der Waals surface area contributed by atoms with Crippen LogP contribution in [0, 0.1) is 18.4 Å². The van der Waals surface area contributed by atoms with Crippen molar-refractivity contribution in [3.8, 4) is 0 Å². The zero-order valence-electron chi connectivity index (χ0n) is 8.64. The lowest BCUT2D eigenvalue weighted by Gasteiger charge is -2.05. The van der Waals surface area contributed by atoms with Crippen molar-refractivity contribution in [3.63, 3.8) is 0 Å². The van der Waals surface area contributed by atoms with Gasteiger partial charge in [-0.15, -0.1) is 0 Å². The number of carbonyl (C=O) groups excluding carboxylic acids is 1. The molecule has 0 unspecified atom stereocenters. The SMILES string of the molecule is Cc1ncc(Cl)c2c1C[C@@H](C=O)[C@@H]2N=[N+]=N. The molecular weight excluding hydrogens is 228 g/mol. The third-order valence-corrected chi connectivity index (χ3v) is 3.19. The van der Waals surface area contributed by atoms with Gasteiger partial charge in [-0.3, -0.25) is 4.98 Å². The molecule has 1 aromatic heterocycles. The van der Waals surface area contributed by atoms with Gasteiger partial charge in [0.2, 0.25) is 4.91 Å². The molecule has 0 spiro atoms. The standard InChI is InChI=1S/C10H10ClN4O/c1-5-7-2-6(4-16)10(14-15-12)9(7)8(11)3-13-5/h3-4,6,10,12H,2H2,1H3/q+1/t6-,10-/m0/s1. The summed E-state index contributed by atoms with van der Waals surface area (Å²) in [6, 6.07) is -0.431. The predicted molar refractivity (Wildman–Crippen MR) is 57.3 cm³/mol. The molecule has 1 heterocycles. The Balaban J connectivity index is 2.62. The minimum Gasteiger partial charge on any atom is -0.303 e. The molecule has 0 bridgehead atoms. The number of aromatic nitrogens is 1. The summed E-state index contributed by atoms with van der Waals surface area (Å²) in [7, 11) is 0. The van der Waals surface area contributed by atoms with Gasteiger partial charge in [0.1, 0.15) is 16.9 Å². The lowest BCUT2D eigenvalue weighted by molar-refractivity contribution is -0.111. The number of hydrogen-bond acceptors (Lipinski definition) is 4. The molecule has 1 aromatic rings. The molecule has 0 radical (unpaired) electrons. The number of rotatable bonds is 2. The first-order valence-corrected chi connectivity index (χ1v) is 5.22. The van der Waals surface area contributed by atoms with Crippen LogP contribution >= 0.6 is 11.6 Å². The highest BCUT2D eigenvalue weighted by Crippen LogP contribution is 2.42. The molecule has 5 nitrogen and oxygen atoms in total. The summed E-state index contributed by atoms with van der Waals surface area (Å²) >= 11 is 6.05. The quantitative estimate of drug-likeness (QED) is 0.485. The van der Waals surface area contributed by atoms with Crippen LogP contribution in [-0.4, -0.2) is 11.3 Å². The molecule has 1 N–H and O–H groups in total. The maximum absolute atomic E-state index is 11.0. The Hall–Kier alpha value is -1.58. The average molecular weight is 238 g/mol. The van der Waals surface area contributed by atoms with E-state index in [9.17, 15) is 4.79 Å². The van der Waals surface area contributed by atoms with Crippen LogP contribution < -0.4 is 4.91 Å². The summed E-state index contributed by atoms with van der Waals surface area (Å²) in [4.78, 5) is 18.1. The average Bonchev–Trinajstić information content (AvgIpc) is 2.64. The highest BCUT2D eigenvalue weighted by Gasteiger charge is 2.38. The molecule has 0 amide bonds. The number of fused-ring (bicyclic) bond motifs is 1. The van der Waals surface area contributed by atoms with Gasteiger partial charge >= 0.3 is 0 Å². The Morgan fingerprint density at radius 1 is 1.75 bits per heavy atom. The topological polar surface area (TPSA) is 80.3 Å². The minimum absolute atomic E-state index is 0.288. The number of aldehydes is 1. The Kier molecular flexibility index (Phi) is 2.81. The van der Waals surface area contributed by atoms with E-state index in [4.69, 9.17) is 17.1 Å². The number of pyridine rings is 1. The van der Waals surface area contributed by atoms with E-state index in [0.717, 1.165) is 23.1 Å². The van der Waals surface area contributed by atoms with E-state index in [1.165, 1.54) is 0 Å². The van der Waals surface area contributed by atoms with E-state index in [-0.39, 0.29) is 5.92 Å². The van der Waals surface area contributed by atoms with Crippen LogP contribution in [0.2, 0.25) is 5.02 Å². The molecular formula is C10H10ClN4O+. The van der Waals surface area contributed by atoms with Crippen LogP contribution in [0.4, 0.5) is 0 Å². The first-order valence-electron chi connectivity index (χ1n) is 4.84. The van der Waals surface area contributed by atoms with Crippen molar-refractivity contribution in [2.24, 2.45) is 11.0 Å². The molecule has 0 aromatic carbocycles. The molecule has 82 valence electrons. The number of nitrogens with one attached hydrogen (secondary N) is 1. The van der Waals surface area contributed by atoms with Crippen molar-refractivity contribution in [1.82, 2.24) is 9.90 Å². The number of nitrogens with zero attached hydrogens (tertiary/aromatic N) is 3. The van der Waals surface area contributed by atoms with Crippen LogP contribution in [0.1, 0.15) is 22.9 Å². The molecule has 0 saturated carbocycles. The lowest BCUT2D eigenvalue weighted by atomic mass is 10.0. The normalized spacial score (nSPS) is 22.4. The van der Waals surface area contributed by atoms with Gasteiger partial charge in [-0.2, -0.15) is 0 Å². The van der Waals surface area contributed by atoms with Gasteiger partial charge in [0.25, 0.3) is 0 Å². The van der Waals surface area contributed by atoms with E-state index >= 15 is 0 Å². The molecule has 1 aliphatic rings. The van der Waals surface area contributed by atoms with Crippen LogP contribution in [0.3, 0.4) is 0 Å². The van der Waals surface area contributed by atoms with E-state index in [0.29, 0.717) is 11.4 Å². The first-order chi connectivity index (χ1) is 7.69. The highest BCUT2D eigenvalue weighted by atomic mass is 35.5. The second kappa shape index (κ2) is 4.12.